The standard InChI is InChI=1S/C16H23NO2/c1-2-7-16(19-15-8-10-18-12-15)13(5-1)11-14-6-3-4-9-17-14/h1-2,5,7,14-15,17H,3-4,6,8-12H2. The Morgan fingerprint density at radius 1 is 1.21 bits per heavy atom. The maximum atomic E-state index is 6.10. The molecule has 2 fully saturated rings. The lowest BCUT2D eigenvalue weighted by molar-refractivity contribution is 0.140. The molecule has 2 aliphatic heterocycles. The molecule has 0 amide bonds. The van der Waals surface area contributed by atoms with E-state index in [1.165, 1.54) is 24.8 Å². The molecular weight excluding hydrogens is 238 g/mol. The fraction of sp³-hybridized carbons (Fsp3) is 0.625. The summed E-state index contributed by atoms with van der Waals surface area (Å²) in [5.41, 5.74) is 1.33. The predicted octanol–water partition coefficient (Wildman–Crippen LogP) is 2.54. The third-order valence-electron chi connectivity index (χ3n) is 4.03. The van der Waals surface area contributed by atoms with Gasteiger partial charge in [0.1, 0.15) is 11.9 Å². The van der Waals surface area contributed by atoms with Gasteiger partial charge in [0.2, 0.25) is 0 Å². The van der Waals surface area contributed by atoms with Gasteiger partial charge in [-0.05, 0) is 37.4 Å². The number of hydrogen-bond donors (Lipinski definition) is 1. The van der Waals surface area contributed by atoms with Crippen LogP contribution in [0.1, 0.15) is 31.2 Å². The molecule has 2 heterocycles. The van der Waals surface area contributed by atoms with Crippen molar-refractivity contribution in [3.05, 3.63) is 29.8 Å². The van der Waals surface area contributed by atoms with E-state index in [9.17, 15) is 0 Å². The molecule has 0 spiro atoms. The molecule has 0 bridgehead atoms. The van der Waals surface area contributed by atoms with Crippen molar-refractivity contribution in [2.24, 2.45) is 0 Å². The zero-order valence-corrected chi connectivity index (χ0v) is 11.4. The molecule has 0 saturated carbocycles. The van der Waals surface area contributed by atoms with E-state index in [4.69, 9.17) is 9.47 Å². The fourth-order valence-electron chi connectivity index (χ4n) is 2.94. The molecule has 2 saturated heterocycles. The minimum atomic E-state index is 0.237. The third-order valence-corrected chi connectivity index (χ3v) is 4.03. The number of piperidine rings is 1. The molecule has 0 aromatic heterocycles. The Morgan fingerprint density at radius 3 is 2.95 bits per heavy atom. The van der Waals surface area contributed by atoms with E-state index in [2.05, 4.69) is 29.6 Å². The van der Waals surface area contributed by atoms with Crippen molar-refractivity contribution in [3.63, 3.8) is 0 Å². The van der Waals surface area contributed by atoms with Gasteiger partial charge in [0.15, 0.2) is 0 Å². The van der Waals surface area contributed by atoms with E-state index >= 15 is 0 Å². The first-order valence-corrected chi connectivity index (χ1v) is 7.47. The highest BCUT2D eigenvalue weighted by atomic mass is 16.5. The molecule has 2 aliphatic rings. The Bertz CT molecular complexity index is 395. The first-order chi connectivity index (χ1) is 9.42. The lowest BCUT2D eigenvalue weighted by Crippen LogP contribution is -2.35. The Morgan fingerprint density at radius 2 is 2.16 bits per heavy atom. The average Bonchev–Trinajstić information content (AvgIpc) is 2.95. The molecule has 3 rings (SSSR count). The van der Waals surface area contributed by atoms with E-state index < -0.39 is 0 Å². The molecule has 104 valence electrons. The van der Waals surface area contributed by atoms with Crippen molar-refractivity contribution in [1.29, 1.82) is 0 Å². The average molecular weight is 261 g/mol. The van der Waals surface area contributed by atoms with Gasteiger partial charge in [0, 0.05) is 12.5 Å². The number of ether oxygens (including phenoxy) is 2. The maximum Gasteiger partial charge on any atom is 0.124 e. The van der Waals surface area contributed by atoms with Crippen LogP contribution in [0.3, 0.4) is 0 Å². The maximum absolute atomic E-state index is 6.10. The van der Waals surface area contributed by atoms with E-state index in [0.29, 0.717) is 6.04 Å². The smallest absolute Gasteiger partial charge is 0.124 e. The zero-order valence-electron chi connectivity index (χ0n) is 11.4. The highest BCUT2D eigenvalue weighted by Gasteiger charge is 2.20. The minimum absolute atomic E-state index is 0.237. The van der Waals surface area contributed by atoms with Crippen LogP contribution in [-0.4, -0.2) is 31.9 Å². The molecule has 19 heavy (non-hydrogen) atoms. The van der Waals surface area contributed by atoms with Gasteiger partial charge in [-0.25, -0.2) is 0 Å². The summed E-state index contributed by atoms with van der Waals surface area (Å²) >= 11 is 0. The highest BCUT2D eigenvalue weighted by molar-refractivity contribution is 5.34. The van der Waals surface area contributed by atoms with Crippen LogP contribution in [0.25, 0.3) is 0 Å². The van der Waals surface area contributed by atoms with Crippen molar-refractivity contribution >= 4 is 0 Å². The number of benzene rings is 1. The van der Waals surface area contributed by atoms with Gasteiger partial charge in [-0.1, -0.05) is 24.6 Å². The molecule has 0 radical (unpaired) electrons. The molecule has 1 N–H and O–H groups in total. The highest BCUT2D eigenvalue weighted by Crippen LogP contribution is 2.24. The van der Waals surface area contributed by atoms with Crippen LogP contribution in [0.15, 0.2) is 24.3 Å². The molecule has 0 aliphatic carbocycles. The van der Waals surface area contributed by atoms with Gasteiger partial charge >= 0.3 is 0 Å². The molecule has 3 heteroatoms. The predicted molar refractivity (Wildman–Crippen MR) is 75.6 cm³/mol. The number of para-hydroxylation sites is 1. The minimum Gasteiger partial charge on any atom is -0.488 e. The molecule has 3 nitrogen and oxygen atoms in total. The van der Waals surface area contributed by atoms with E-state index in [1.807, 2.05) is 0 Å². The second kappa shape index (κ2) is 6.40. The van der Waals surface area contributed by atoms with Crippen LogP contribution in [0, 0.1) is 0 Å². The molecule has 2 unspecified atom stereocenters. The van der Waals surface area contributed by atoms with E-state index in [0.717, 1.165) is 38.3 Å². The van der Waals surface area contributed by atoms with Crippen molar-refractivity contribution in [1.82, 2.24) is 5.32 Å². The lowest BCUT2D eigenvalue weighted by Gasteiger charge is -2.25. The lowest BCUT2D eigenvalue weighted by atomic mass is 9.97. The van der Waals surface area contributed by atoms with Gasteiger partial charge in [-0.3, -0.25) is 0 Å². The van der Waals surface area contributed by atoms with E-state index in [-0.39, 0.29) is 6.10 Å². The number of nitrogens with one attached hydrogen (secondary N) is 1. The molecule has 1 aromatic rings. The summed E-state index contributed by atoms with van der Waals surface area (Å²) in [5, 5.41) is 3.61. The van der Waals surface area contributed by atoms with Crippen LogP contribution >= 0.6 is 0 Å². The summed E-state index contributed by atoms with van der Waals surface area (Å²) in [6.07, 6.45) is 6.26. The van der Waals surface area contributed by atoms with Gasteiger partial charge < -0.3 is 14.8 Å². The zero-order chi connectivity index (χ0) is 12.9. The second-order valence-corrected chi connectivity index (χ2v) is 5.56. The van der Waals surface area contributed by atoms with Crippen LogP contribution in [0.5, 0.6) is 5.75 Å². The van der Waals surface area contributed by atoms with Crippen LogP contribution in [0.2, 0.25) is 0 Å². The van der Waals surface area contributed by atoms with Gasteiger partial charge in [-0.15, -0.1) is 0 Å². The Labute approximate surface area is 115 Å². The largest absolute Gasteiger partial charge is 0.488 e. The summed E-state index contributed by atoms with van der Waals surface area (Å²) in [7, 11) is 0. The van der Waals surface area contributed by atoms with Crippen molar-refractivity contribution < 1.29 is 9.47 Å². The Kier molecular flexibility index (Phi) is 4.36. The summed E-state index contributed by atoms with van der Waals surface area (Å²) in [5.74, 6) is 1.05. The van der Waals surface area contributed by atoms with E-state index in [1.54, 1.807) is 0 Å². The van der Waals surface area contributed by atoms with Crippen LogP contribution in [-0.2, 0) is 11.2 Å². The summed E-state index contributed by atoms with van der Waals surface area (Å²) in [4.78, 5) is 0. The summed E-state index contributed by atoms with van der Waals surface area (Å²) in [6.45, 7) is 2.72. The molecule has 2 atom stereocenters. The third kappa shape index (κ3) is 3.48. The van der Waals surface area contributed by atoms with Crippen LogP contribution in [0.4, 0.5) is 0 Å². The monoisotopic (exact) mass is 261 g/mol. The van der Waals surface area contributed by atoms with Gasteiger partial charge in [-0.2, -0.15) is 0 Å². The molecule has 1 aromatic carbocycles. The molecular formula is C16H23NO2. The summed E-state index contributed by atoms with van der Waals surface area (Å²) < 4.78 is 11.5. The normalized spacial score (nSPS) is 27.4. The van der Waals surface area contributed by atoms with Crippen molar-refractivity contribution in [2.45, 2.75) is 44.2 Å². The fourth-order valence-corrected chi connectivity index (χ4v) is 2.94. The first kappa shape index (κ1) is 12.9. The Balaban J connectivity index is 1.65. The Hall–Kier alpha value is -1.06. The first-order valence-electron chi connectivity index (χ1n) is 7.47. The van der Waals surface area contributed by atoms with Crippen molar-refractivity contribution in [2.75, 3.05) is 19.8 Å². The second-order valence-electron chi connectivity index (χ2n) is 5.56. The number of hydrogen-bond acceptors (Lipinski definition) is 3. The summed E-state index contributed by atoms with van der Waals surface area (Å²) in [6, 6.07) is 9.06. The quantitative estimate of drug-likeness (QED) is 0.903. The van der Waals surface area contributed by atoms with Crippen LogP contribution < -0.4 is 10.1 Å². The topological polar surface area (TPSA) is 30.5 Å². The van der Waals surface area contributed by atoms with Crippen molar-refractivity contribution in [3.8, 4) is 5.75 Å². The van der Waals surface area contributed by atoms with Gasteiger partial charge in [0.25, 0.3) is 0 Å². The number of rotatable bonds is 4. The SMILES string of the molecule is c1ccc(OC2CCOC2)c(CC2CCCCN2)c1. The van der Waals surface area contributed by atoms with Gasteiger partial charge in [0.05, 0.1) is 13.2 Å².